The van der Waals surface area contributed by atoms with Gasteiger partial charge in [-0.25, -0.2) is 4.98 Å². The van der Waals surface area contributed by atoms with Gasteiger partial charge in [-0.2, -0.15) is 5.10 Å². The zero-order valence-electron chi connectivity index (χ0n) is 9.21. The summed E-state index contributed by atoms with van der Waals surface area (Å²) in [6.07, 6.45) is 5.46. The molecule has 5 heteroatoms. The van der Waals surface area contributed by atoms with Crippen LogP contribution in [-0.2, 0) is 13.7 Å². The van der Waals surface area contributed by atoms with Gasteiger partial charge >= 0.3 is 0 Å². The molecule has 4 nitrogen and oxygen atoms in total. The number of rotatable bonds is 3. The van der Waals surface area contributed by atoms with Gasteiger partial charge in [0.25, 0.3) is 0 Å². The quantitative estimate of drug-likeness (QED) is 0.881. The van der Waals surface area contributed by atoms with E-state index in [4.69, 9.17) is 5.11 Å². The highest BCUT2D eigenvalue weighted by atomic mass is 32.2. The van der Waals surface area contributed by atoms with E-state index in [2.05, 4.69) is 10.1 Å². The van der Waals surface area contributed by atoms with E-state index in [1.165, 1.54) is 0 Å². The minimum absolute atomic E-state index is 0.0334. The van der Waals surface area contributed by atoms with Gasteiger partial charge in [0, 0.05) is 19.4 Å². The largest absolute Gasteiger partial charge is 0.392 e. The lowest BCUT2D eigenvalue weighted by Crippen LogP contribution is -1.90. The van der Waals surface area contributed by atoms with E-state index < -0.39 is 0 Å². The van der Waals surface area contributed by atoms with Crippen molar-refractivity contribution in [2.75, 3.05) is 0 Å². The summed E-state index contributed by atoms with van der Waals surface area (Å²) in [4.78, 5) is 5.38. The molecule has 0 saturated heterocycles. The third kappa shape index (κ3) is 2.43. The molecule has 0 fully saturated rings. The first-order valence-corrected chi connectivity index (χ1v) is 5.73. The van der Waals surface area contributed by atoms with Crippen LogP contribution in [0.2, 0.25) is 0 Å². The molecule has 2 heterocycles. The second-order valence-electron chi connectivity index (χ2n) is 3.58. The van der Waals surface area contributed by atoms with E-state index in [1.54, 1.807) is 22.6 Å². The van der Waals surface area contributed by atoms with E-state index in [-0.39, 0.29) is 6.61 Å². The smallest absolute Gasteiger partial charge is 0.104 e. The number of nitrogens with zero attached hydrogens (tertiary/aromatic N) is 3. The van der Waals surface area contributed by atoms with Gasteiger partial charge in [-0.3, -0.25) is 4.68 Å². The fourth-order valence-corrected chi connectivity index (χ4v) is 2.23. The number of aryl methyl sites for hydroxylation is 2. The standard InChI is InChI=1S/C11H13N3OS/c1-8-3-9(7-15)4-12-11(8)16-10-5-13-14(2)6-10/h3-6,15H,7H2,1-2H3. The molecule has 0 saturated carbocycles. The molecule has 0 aromatic carbocycles. The minimum Gasteiger partial charge on any atom is -0.392 e. The zero-order chi connectivity index (χ0) is 11.5. The van der Waals surface area contributed by atoms with Gasteiger partial charge in [0.05, 0.1) is 17.7 Å². The Morgan fingerprint density at radius 1 is 1.44 bits per heavy atom. The van der Waals surface area contributed by atoms with Gasteiger partial charge in [-0.15, -0.1) is 0 Å². The van der Waals surface area contributed by atoms with E-state index in [0.29, 0.717) is 0 Å². The van der Waals surface area contributed by atoms with Crippen LogP contribution in [0.4, 0.5) is 0 Å². The van der Waals surface area contributed by atoms with Gasteiger partial charge < -0.3 is 5.11 Å². The van der Waals surface area contributed by atoms with Crippen LogP contribution in [0.5, 0.6) is 0 Å². The molecule has 2 rings (SSSR count). The van der Waals surface area contributed by atoms with Crippen LogP contribution in [0.25, 0.3) is 0 Å². The van der Waals surface area contributed by atoms with Crippen LogP contribution < -0.4 is 0 Å². The average Bonchev–Trinajstić information content (AvgIpc) is 2.67. The first-order valence-electron chi connectivity index (χ1n) is 4.92. The molecular weight excluding hydrogens is 222 g/mol. The fraction of sp³-hybridized carbons (Fsp3) is 0.273. The maximum atomic E-state index is 8.99. The predicted octanol–water partition coefficient (Wildman–Crippen LogP) is 1.77. The monoisotopic (exact) mass is 235 g/mol. The van der Waals surface area contributed by atoms with Crippen molar-refractivity contribution in [1.82, 2.24) is 14.8 Å². The molecule has 2 aromatic rings. The lowest BCUT2D eigenvalue weighted by atomic mass is 10.2. The normalized spacial score (nSPS) is 10.7. The Balaban J connectivity index is 2.21. The fourth-order valence-electron chi connectivity index (χ4n) is 1.38. The highest BCUT2D eigenvalue weighted by Gasteiger charge is 2.05. The van der Waals surface area contributed by atoms with Crippen molar-refractivity contribution < 1.29 is 5.11 Å². The maximum absolute atomic E-state index is 8.99. The number of aliphatic hydroxyl groups is 1. The molecule has 2 aromatic heterocycles. The summed E-state index contributed by atoms with van der Waals surface area (Å²) < 4.78 is 1.76. The summed E-state index contributed by atoms with van der Waals surface area (Å²) in [5.74, 6) is 0. The van der Waals surface area contributed by atoms with E-state index in [0.717, 1.165) is 21.0 Å². The number of pyridine rings is 1. The first kappa shape index (κ1) is 11.2. The van der Waals surface area contributed by atoms with Gasteiger partial charge in [-0.1, -0.05) is 11.8 Å². The van der Waals surface area contributed by atoms with Crippen LogP contribution in [0.3, 0.4) is 0 Å². The third-order valence-electron chi connectivity index (χ3n) is 2.17. The van der Waals surface area contributed by atoms with Crippen molar-refractivity contribution in [2.24, 2.45) is 7.05 Å². The topological polar surface area (TPSA) is 50.9 Å². The van der Waals surface area contributed by atoms with Gasteiger partial charge in [0.1, 0.15) is 5.03 Å². The van der Waals surface area contributed by atoms with Crippen LogP contribution in [0.15, 0.2) is 34.6 Å². The Morgan fingerprint density at radius 3 is 2.81 bits per heavy atom. The Labute approximate surface area is 98.3 Å². The summed E-state index contributed by atoms with van der Waals surface area (Å²) in [5.41, 5.74) is 1.91. The molecule has 0 spiro atoms. The molecule has 0 aliphatic carbocycles. The summed E-state index contributed by atoms with van der Waals surface area (Å²) in [6.45, 7) is 2.02. The van der Waals surface area contributed by atoms with Crippen molar-refractivity contribution in [1.29, 1.82) is 0 Å². The van der Waals surface area contributed by atoms with Gasteiger partial charge in [0.15, 0.2) is 0 Å². The van der Waals surface area contributed by atoms with Gasteiger partial charge in [-0.05, 0) is 24.1 Å². The van der Waals surface area contributed by atoms with Crippen LogP contribution in [0, 0.1) is 6.92 Å². The Morgan fingerprint density at radius 2 is 2.25 bits per heavy atom. The predicted molar refractivity (Wildman–Crippen MR) is 62.2 cm³/mol. The molecule has 0 aliphatic rings. The van der Waals surface area contributed by atoms with Crippen LogP contribution in [0.1, 0.15) is 11.1 Å². The molecule has 0 amide bonds. The third-order valence-corrected chi connectivity index (χ3v) is 3.23. The Hall–Kier alpha value is -1.33. The average molecular weight is 235 g/mol. The highest BCUT2D eigenvalue weighted by molar-refractivity contribution is 7.99. The number of aromatic nitrogens is 3. The van der Waals surface area contributed by atoms with Crippen molar-refractivity contribution >= 4 is 11.8 Å². The van der Waals surface area contributed by atoms with Crippen LogP contribution >= 0.6 is 11.8 Å². The van der Waals surface area contributed by atoms with Gasteiger partial charge in [0.2, 0.25) is 0 Å². The van der Waals surface area contributed by atoms with E-state index >= 15 is 0 Å². The first-order chi connectivity index (χ1) is 7.69. The number of hydrogen-bond donors (Lipinski definition) is 1. The summed E-state index contributed by atoms with van der Waals surface area (Å²) in [7, 11) is 1.89. The summed E-state index contributed by atoms with van der Waals surface area (Å²) in [5, 5.41) is 14.0. The molecule has 0 atom stereocenters. The highest BCUT2D eigenvalue weighted by Crippen LogP contribution is 2.28. The Kier molecular flexibility index (Phi) is 3.26. The van der Waals surface area contributed by atoms with Crippen LogP contribution in [-0.4, -0.2) is 19.9 Å². The van der Waals surface area contributed by atoms with E-state index in [9.17, 15) is 0 Å². The molecular formula is C11H13N3OS. The van der Waals surface area contributed by atoms with Crippen molar-refractivity contribution in [3.63, 3.8) is 0 Å². The lowest BCUT2D eigenvalue weighted by molar-refractivity contribution is 0.281. The second kappa shape index (κ2) is 4.67. The van der Waals surface area contributed by atoms with Crippen molar-refractivity contribution in [3.8, 4) is 0 Å². The minimum atomic E-state index is 0.0334. The lowest BCUT2D eigenvalue weighted by Gasteiger charge is -2.04. The molecule has 0 unspecified atom stereocenters. The summed E-state index contributed by atoms with van der Waals surface area (Å²) in [6, 6.07) is 1.95. The van der Waals surface area contributed by atoms with Crippen molar-refractivity contribution in [2.45, 2.75) is 23.5 Å². The Bertz CT molecular complexity index is 496. The summed E-state index contributed by atoms with van der Waals surface area (Å²) >= 11 is 1.58. The molecule has 0 radical (unpaired) electrons. The number of hydrogen-bond acceptors (Lipinski definition) is 4. The molecule has 84 valence electrons. The molecule has 0 bridgehead atoms. The van der Waals surface area contributed by atoms with Crippen molar-refractivity contribution in [3.05, 3.63) is 35.8 Å². The maximum Gasteiger partial charge on any atom is 0.104 e. The number of aliphatic hydroxyl groups excluding tert-OH is 1. The van der Waals surface area contributed by atoms with E-state index in [1.807, 2.05) is 32.4 Å². The molecule has 16 heavy (non-hydrogen) atoms. The zero-order valence-corrected chi connectivity index (χ0v) is 10.0. The molecule has 0 aliphatic heterocycles. The second-order valence-corrected chi connectivity index (χ2v) is 4.64. The molecule has 1 N–H and O–H groups in total. The SMILES string of the molecule is Cc1cc(CO)cnc1Sc1cnn(C)c1.